The molecular weight excluding hydrogens is 368 g/mol. The van der Waals surface area contributed by atoms with Crippen molar-refractivity contribution in [2.75, 3.05) is 11.9 Å². The molecule has 0 saturated carbocycles. The Balaban J connectivity index is 1.99. The molecule has 9 heteroatoms. The molecule has 0 aliphatic rings. The van der Waals surface area contributed by atoms with Gasteiger partial charge in [0.15, 0.2) is 5.78 Å². The van der Waals surface area contributed by atoms with Crippen molar-refractivity contribution in [1.82, 2.24) is 0 Å². The molecule has 0 unspecified atom stereocenters. The fraction of sp³-hybridized carbons (Fsp3) is 0.111. The summed E-state index contributed by atoms with van der Waals surface area (Å²) in [5.74, 6) is 0.116. The molecule has 0 atom stereocenters. The summed E-state index contributed by atoms with van der Waals surface area (Å²) in [4.78, 5) is 12.1. The molecule has 2 aromatic carbocycles. The molecule has 0 aliphatic heterocycles. The first-order valence-corrected chi connectivity index (χ1v) is 9.51. The predicted molar refractivity (Wildman–Crippen MR) is 103 cm³/mol. The lowest BCUT2D eigenvalue weighted by atomic mass is 10.1. The third-order valence-electron chi connectivity index (χ3n) is 3.35. The third-order valence-corrected chi connectivity index (χ3v) is 4.75. The summed E-state index contributed by atoms with van der Waals surface area (Å²) in [5, 5.41) is 2.90. The summed E-state index contributed by atoms with van der Waals surface area (Å²) in [6.07, 6.45) is 2.86. The number of allylic oxidation sites excluding steroid dienone is 1. The quantitative estimate of drug-likeness (QED) is 0.215. The van der Waals surface area contributed by atoms with Gasteiger partial charge in [-0.3, -0.25) is 16.3 Å². The Morgan fingerprint density at radius 3 is 2.30 bits per heavy atom. The van der Waals surface area contributed by atoms with Crippen molar-refractivity contribution < 1.29 is 22.3 Å². The van der Waals surface area contributed by atoms with Crippen LogP contribution in [0.25, 0.3) is 0 Å². The van der Waals surface area contributed by atoms with Crippen molar-refractivity contribution in [3.8, 4) is 5.75 Å². The van der Waals surface area contributed by atoms with Gasteiger partial charge >= 0.3 is 16.0 Å². The van der Waals surface area contributed by atoms with Gasteiger partial charge in [0.2, 0.25) is 0 Å². The first-order chi connectivity index (χ1) is 12.8. The molecule has 0 fully saturated rings. The molecule has 2 aromatic rings. The molecule has 6 N–H and O–H groups in total. The zero-order chi connectivity index (χ0) is 19.9. The van der Waals surface area contributed by atoms with Gasteiger partial charge in [-0.2, -0.15) is 12.8 Å². The zero-order valence-corrected chi connectivity index (χ0v) is 15.5. The highest BCUT2D eigenvalue weighted by Crippen LogP contribution is 2.14. The Kier molecular flexibility index (Phi) is 6.56. The van der Waals surface area contributed by atoms with Gasteiger partial charge in [-0.05, 0) is 55.5 Å². The van der Waals surface area contributed by atoms with E-state index < -0.39 is 16.0 Å². The van der Waals surface area contributed by atoms with E-state index in [2.05, 4.69) is 5.32 Å². The summed E-state index contributed by atoms with van der Waals surface area (Å²) >= 11 is 0. The molecule has 0 aromatic heterocycles. The Labute approximate surface area is 157 Å². The summed E-state index contributed by atoms with van der Waals surface area (Å²) in [6, 6.07) is 12.7. The van der Waals surface area contributed by atoms with Crippen LogP contribution in [0.4, 0.5) is 5.69 Å². The van der Waals surface area contributed by atoms with Crippen molar-refractivity contribution in [3.05, 3.63) is 66.4 Å². The van der Waals surface area contributed by atoms with Gasteiger partial charge in [0.25, 0.3) is 0 Å². The van der Waals surface area contributed by atoms with Gasteiger partial charge in [-0.15, -0.1) is 0 Å². The molecule has 142 valence electrons. The Hall–Kier alpha value is -3.33. The number of ketones is 1. The molecular formula is C18H21N4O4S+. The van der Waals surface area contributed by atoms with Crippen LogP contribution in [0.5, 0.6) is 5.75 Å². The second-order valence-electron chi connectivity index (χ2n) is 5.38. The van der Waals surface area contributed by atoms with Crippen molar-refractivity contribution >= 4 is 27.5 Å². The first kappa shape index (κ1) is 20.0. The summed E-state index contributed by atoms with van der Waals surface area (Å²) in [6.45, 7) is 2.45. The minimum atomic E-state index is -3.80. The molecule has 0 bridgehead atoms. The van der Waals surface area contributed by atoms with Crippen molar-refractivity contribution in [3.63, 3.8) is 0 Å². The molecule has 0 amide bonds. The first-order valence-electron chi connectivity index (χ1n) is 8.03. The fourth-order valence-electron chi connectivity index (χ4n) is 2.14. The van der Waals surface area contributed by atoms with E-state index in [4.69, 9.17) is 16.2 Å². The second-order valence-corrected chi connectivity index (χ2v) is 7.07. The number of hydrogen-bond acceptors (Lipinski definition) is 5. The number of carbonyl (C=O) groups excluding carboxylic acids is 1. The molecule has 27 heavy (non-hydrogen) atoms. The highest BCUT2D eigenvalue weighted by atomic mass is 32.2. The lowest BCUT2D eigenvalue weighted by Gasteiger charge is -2.04. The monoisotopic (exact) mass is 389 g/mol. The van der Waals surface area contributed by atoms with Crippen molar-refractivity contribution in [2.24, 2.45) is 11.5 Å². The molecule has 0 spiro atoms. The summed E-state index contributed by atoms with van der Waals surface area (Å²) in [7, 11) is -3.80. The number of rotatable bonds is 8. The Morgan fingerprint density at radius 1 is 1.11 bits per heavy atom. The SMILES string of the molecule is CCOc1ccc(C(=O)/C=C\Nc2ccc(S(=O)(=O)[NH+]=C(N)N)cc2)cc1. The normalized spacial score (nSPS) is 11.1. The zero-order valence-electron chi connectivity index (χ0n) is 14.7. The third kappa shape index (κ3) is 5.86. The maximum Gasteiger partial charge on any atom is 0.353 e. The largest absolute Gasteiger partial charge is 0.494 e. The number of nitrogens with one attached hydrogen (secondary N) is 2. The van der Waals surface area contributed by atoms with E-state index in [0.29, 0.717) is 23.6 Å². The van der Waals surface area contributed by atoms with Crippen LogP contribution in [0.3, 0.4) is 0 Å². The topological polar surface area (TPSA) is 138 Å². The van der Waals surface area contributed by atoms with Crippen LogP contribution in [-0.2, 0) is 10.0 Å². The van der Waals surface area contributed by atoms with E-state index in [-0.39, 0.29) is 10.7 Å². The van der Waals surface area contributed by atoms with Crippen LogP contribution in [0.1, 0.15) is 17.3 Å². The van der Waals surface area contributed by atoms with E-state index in [1.807, 2.05) is 11.3 Å². The van der Waals surface area contributed by atoms with Gasteiger partial charge in [0.05, 0.1) is 6.61 Å². The van der Waals surface area contributed by atoms with Crippen molar-refractivity contribution in [1.29, 1.82) is 0 Å². The summed E-state index contributed by atoms with van der Waals surface area (Å²) in [5.41, 5.74) is 11.4. The van der Waals surface area contributed by atoms with Crippen LogP contribution in [0, 0.1) is 0 Å². The summed E-state index contributed by atoms with van der Waals surface area (Å²) < 4.78 is 31.1. The average Bonchev–Trinajstić information content (AvgIpc) is 2.62. The van der Waals surface area contributed by atoms with Gasteiger partial charge in [-0.1, -0.05) is 0 Å². The van der Waals surface area contributed by atoms with E-state index in [1.54, 1.807) is 36.4 Å². The number of hydrogen-bond donors (Lipinski definition) is 4. The number of carbonyl (C=O) groups is 1. The number of guanidine groups is 1. The van der Waals surface area contributed by atoms with E-state index in [0.717, 1.165) is 0 Å². The van der Waals surface area contributed by atoms with E-state index in [9.17, 15) is 13.2 Å². The van der Waals surface area contributed by atoms with Crippen molar-refractivity contribution in [2.45, 2.75) is 11.8 Å². The van der Waals surface area contributed by atoms with Gasteiger partial charge in [0.1, 0.15) is 10.6 Å². The van der Waals surface area contributed by atoms with Crippen LogP contribution >= 0.6 is 0 Å². The Morgan fingerprint density at radius 2 is 1.74 bits per heavy atom. The molecule has 0 radical (unpaired) electrons. The standard InChI is InChI=1S/C18H20N4O4S/c1-2-26-15-7-3-13(4-8-15)17(23)11-12-21-14-5-9-16(10-6-14)27(24,25)22-18(19)20/h3-12,21H,2H2,1H3,(H4,19,20,22)/p+1/b12-11-. The number of benzene rings is 2. The predicted octanol–water partition coefficient (Wildman–Crippen LogP) is -0.0635. The maximum absolute atomic E-state index is 12.1. The van der Waals surface area contributed by atoms with Crippen LogP contribution in [0.15, 0.2) is 65.7 Å². The van der Waals surface area contributed by atoms with Gasteiger partial charge in [-0.25, -0.2) is 0 Å². The molecule has 8 nitrogen and oxygen atoms in total. The molecule has 2 rings (SSSR count). The minimum Gasteiger partial charge on any atom is -0.494 e. The second kappa shape index (κ2) is 8.86. The number of anilines is 1. The average molecular weight is 389 g/mol. The maximum atomic E-state index is 12.1. The van der Waals surface area contributed by atoms with E-state index in [1.165, 1.54) is 24.4 Å². The van der Waals surface area contributed by atoms with Gasteiger partial charge in [0, 0.05) is 23.5 Å². The molecule has 0 heterocycles. The fourth-order valence-corrected chi connectivity index (χ4v) is 3.06. The smallest absolute Gasteiger partial charge is 0.353 e. The van der Waals surface area contributed by atoms with Crippen LogP contribution in [0.2, 0.25) is 0 Å². The van der Waals surface area contributed by atoms with E-state index >= 15 is 0 Å². The minimum absolute atomic E-state index is 0.0101. The highest BCUT2D eigenvalue weighted by molar-refractivity contribution is 7.84. The van der Waals surface area contributed by atoms with Crippen LogP contribution < -0.4 is 25.9 Å². The highest BCUT2D eigenvalue weighted by Gasteiger charge is 2.14. The lowest BCUT2D eigenvalue weighted by molar-refractivity contribution is -0.270. The lowest BCUT2D eigenvalue weighted by Crippen LogP contribution is -2.80. The number of sulfonamides is 1. The Bertz CT molecular complexity index is 946. The molecule has 0 aliphatic carbocycles. The molecule has 0 saturated heterocycles. The number of ether oxygens (including phenoxy) is 1. The van der Waals surface area contributed by atoms with Gasteiger partial charge < -0.3 is 10.1 Å². The van der Waals surface area contributed by atoms with Crippen LogP contribution in [-0.4, -0.2) is 26.8 Å². The number of nitrogens with two attached hydrogens (primary N) is 2.